The van der Waals surface area contributed by atoms with Gasteiger partial charge in [-0.2, -0.15) is 0 Å². The van der Waals surface area contributed by atoms with Gasteiger partial charge in [-0.1, -0.05) is 48.0 Å². The van der Waals surface area contributed by atoms with E-state index in [1.807, 2.05) is 61.7 Å². The van der Waals surface area contributed by atoms with Crippen molar-refractivity contribution in [3.05, 3.63) is 77.1 Å². The average Bonchev–Trinajstić information content (AvgIpc) is 2.47. The third kappa shape index (κ3) is 2.07. The Bertz CT molecular complexity index is 760. The molecule has 0 bridgehead atoms. The second-order valence-electron chi connectivity index (χ2n) is 5.08. The summed E-state index contributed by atoms with van der Waals surface area (Å²) in [4.78, 5) is 4.16. The summed E-state index contributed by atoms with van der Waals surface area (Å²) in [5, 5.41) is 2.87. The molecule has 0 spiro atoms. The van der Waals surface area contributed by atoms with Crippen molar-refractivity contribution < 1.29 is 0 Å². The number of pyridine rings is 1. The minimum absolute atomic E-state index is 0.654. The molecule has 1 unspecified atom stereocenters. The van der Waals surface area contributed by atoms with E-state index in [0.717, 1.165) is 21.9 Å². The van der Waals surface area contributed by atoms with Crippen molar-refractivity contribution >= 4 is 22.4 Å². The van der Waals surface area contributed by atoms with Gasteiger partial charge in [0.05, 0.1) is 5.54 Å². The topological polar surface area (TPSA) is 38.9 Å². The van der Waals surface area contributed by atoms with Crippen LogP contribution < -0.4 is 5.73 Å². The molecule has 2 nitrogen and oxygen atoms in total. The standard InChI is InChI=1S/C17H15ClN2/c1-17(19,15-6-2-3-8-16(15)18)14-7-4-5-12-11-20-10-9-13(12)14/h2-11H,19H2,1H3. The minimum atomic E-state index is -0.654. The Morgan fingerprint density at radius 1 is 1.00 bits per heavy atom. The third-order valence-electron chi connectivity index (χ3n) is 3.67. The molecule has 3 heteroatoms. The number of hydrogen-bond donors (Lipinski definition) is 1. The summed E-state index contributed by atoms with van der Waals surface area (Å²) in [7, 11) is 0. The van der Waals surface area contributed by atoms with Gasteiger partial charge in [0.25, 0.3) is 0 Å². The van der Waals surface area contributed by atoms with E-state index in [4.69, 9.17) is 17.3 Å². The average molecular weight is 283 g/mol. The Balaban J connectivity index is 2.27. The van der Waals surface area contributed by atoms with Gasteiger partial charge in [0.1, 0.15) is 0 Å². The van der Waals surface area contributed by atoms with Gasteiger partial charge in [0.15, 0.2) is 0 Å². The largest absolute Gasteiger partial charge is 0.318 e. The highest BCUT2D eigenvalue weighted by Gasteiger charge is 2.27. The quantitative estimate of drug-likeness (QED) is 0.768. The molecule has 1 atom stereocenters. The van der Waals surface area contributed by atoms with Crippen LogP contribution in [0.5, 0.6) is 0 Å². The summed E-state index contributed by atoms with van der Waals surface area (Å²) < 4.78 is 0. The van der Waals surface area contributed by atoms with Crippen LogP contribution in [0.1, 0.15) is 18.1 Å². The van der Waals surface area contributed by atoms with Crippen molar-refractivity contribution in [2.24, 2.45) is 5.73 Å². The maximum absolute atomic E-state index is 6.62. The Hall–Kier alpha value is -1.90. The molecule has 0 amide bonds. The highest BCUT2D eigenvalue weighted by molar-refractivity contribution is 6.31. The van der Waals surface area contributed by atoms with Crippen LogP contribution in [0, 0.1) is 0 Å². The second-order valence-corrected chi connectivity index (χ2v) is 5.49. The highest BCUT2D eigenvalue weighted by atomic mass is 35.5. The van der Waals surface area contributed by atoms with Gasteiger partial charge in [0, 0.05) is 22.8 Å². The van der Waals surface area contributed by atoms with E-state index in [1.165, 1.54) is 0 Å². The van der Waals surface area contributed by atoms with Crippen LogP contribution in [-0.4, -0.2) is 4.98 Å². The third-order valence-corrected chi connectivity index (χ3v) is 4.00. The predicted molar refractivity (Wildman–Crippen MR) is 83.8 cm³/mol. The molecule has 2 N–H and O–H groups in total. The van der Waals surface area contributed by atoms with Gasteiger partial charge < -0.3 is 5.73 Å². The lowest BCUT2D eigenvalue weighted by molar-refractivity contribution is 0.609. The maximum Gasteiger partial charge on any atom is 0.0657 e. The number of nitrogens with two attached hydrogens (primary N) is 1. The van der Waals surface area contributed by atoms with Crippen LogP contribution in [0.15, 0.2) is 60.9 Å². The first-order valence-corrected chi connectivity index (χ1v) is 6.85. The van der Waals surface area contributed by atoms with E-state index >= 15 is 0 Å². The smallest absolute Gasteiger partial charge is 0.0657 e. The van der Waals surface area contributed by atoms with E-state index in [1.54, 1.807) is 6.20 Å². The van der Waals surface area contributed by atoms with Crippen molar-refractivity contribution in [2.75, 3.05) is 0 Å². The van der Waals surface area contributed by atoms with E-state index in [9.17, 15) is 0 Å². The van der Waals surface area contributed by atoms with Gasteiger partial charge in [-0.15, -0.1) is 0 Å². The predicted octanol–water partition coefficient (Wildman–Crippen LogP) is 4.11. The Kier molecular flexibility index (Phi) is 3.20. The van der Waals surface area contributed by atoms with Crippen LogP contribution in [0.25, 0.3) is 10.8 Å². The number of hydrogen-bond acceptors (Lipinski definition) is 2. The molecule has 0 fully saturated rings. The molecule has 0 radical (unpaired) electrons. The molecule has 2 aromatic carbocycles. The monoisotopic (exact) mass is 282 g/mol. The van der Waals surface area contributed by atoms with Gasteiger partial charge in [-0.05, 0) is 35.6 Å². The highest BCUT2D eigenvalue weighted by Crippen LogP contribution is 2.35. The molecular weight excluding hydrogens is 268 g/mol. The van der Waals surface area contributed by atoms with Crippen molar-refractivity contribution in [3.8, 4) is 0 Å². The zero-order valence-corrected chi connectivity index (χ0v) is 11.9. The number of rotatable bonds is 2. The number of halogens is 1. The fourth-order valence-electron chi connectivity index (χ4n) is 2.60. The number of nitrogens with zero attached hydrogens (tertiary/aromatic N) is 1. The minimum Gasteiger partial charge on any atom is -0.318 e. The molecule has 0 aliphatic carbocycles. The Morgan fingerprint density at radius 2 is 1.75 bits per heavy atom. The van der Waals surface area contributed by atoms with Crippen molar-refractivity contribution in [1.82, 2.24) is 4.98 Å². The molecule has 0 aliphatic heterocycles. The van der Waals surface area contributed by atoms with Crippen molar-refractivity contribution in [1.29, 1.82) is 0 Å². The van der Waals surface area contributed by atoms with Gasteiger partial charge >= 0.3 is 0 Å². The Morgan fingerprint density at radius 3 is 2.55 bits per heavy atom. The van der Waals surface area contributed by atoms with Crippen LogP contribution in [0.3, 0.4) is 0 Å². The lowest BCUT2D eigenvalue weighted by atomic mass is 9.83. The molecule has 100 valence electrons. The fraction of sp³-hybridized carbons (Fsp3) is 0.118. The normalized spacial score (nSPS) is 14.2. The van der Waals surface area contributed by atoms with Crippen LogP contribution in [0.2, 0.25) is 5.02 Å². The fourth-order valence-corrected chi connectivity index (χ4v) is 2.93. The zero-order chi connectivity index (χ0) is 14.2. The van der Waals surface area contributed by atoms with Crippen LogP contribution >= 0.6 is 11.6 Å². The molecule has 0 saturated carbocycles. The summed E-state index contributed by atoms with van der Waals surface area (Å²) >= 11 is 6.32. The lowest BCUT2D eigenvalue weighted by Crippen LogP contribution is -2.34. The zero-order valence-electron chi connectivity index (χ0n) is 11.2. The number of fused-ring (bicyclic) bond motifs is 1. The molecule has 3 aromatic rings. The summed E-state index contributed by atoms with van der Waals surface area (Å²) in [6.45, 7) is 1.99. The first-order chi connectivity index (χ1) is 9.60. The molecule has 20 heavy (non-hydrogen) atoms. The van der Waals surface area contributed by atoms with E-state index in [-0.39, 0.29) is 0 Å². The Labute approximate surface area is 123 Å². The van der Waals surface area contributed by atoms with Crippen molar-refractivity contribution in [2.45, 2.75) is 12.5 Å². The SMILES string of the molecule is CC(N)(c1ccccc1Cl)c1cccc2cnccc12. The molecular formula is C17H15ClN2. The first-order valence-electron chi connectivity index (χ1n) is 6.48. The first kappa shape index (κ1) is 13.1. The van der Waals surface area contributed by atoms with E-state index in [2.05, 4.69) is 4.98 Å². The molecule has 1 aromatic heterocycles. The molecule has 0 aliphatic rings. The number of aromatic nitrogens is 1. The van der Waals surface area contributed by atoms with Crippen LogP contribution in [0.4, 0.5) is 0 Å². The van der Waals surface area contributed by atoms with Gasteiger partial charge in [-0.3, -0.25) is 4.98 Å². The molecule has 3 rings (SSSR count). The maximum atomic E-state index is 6.62. The second kappa shape index (κ2) is 4.89. The van der Waals surface area contributed by atoms with E-state index < -0.39 is 5.54 Å². The van der Waals surface area contributed by atoms with E-state index in [0.29, 0.717) is 5.02 Å². The number of benzene rings is 2. The van der Waals surface area contributed by atoms with Gasteiger partial charge in [0.2, 0.25) is 0 Å². The summed E-state index contributed by atoms with van der Waals surface area (Å²) in [5.41, 5.74) is 7.94. The molecule has 0 saturated heterocycles. The van der Waals surface area contributed by atoms with Crippen LogP contribution in [-0.2, 0) is 5.54 Å². The molecule has 1 heterocycles. The summed E-state index contributed by atoms with van der Waals surface area (Å²) in [5.74, 6) is 0. The lowest BCUT2D eigenvalue weighted by Gasteiger charge is -2.28. The summed E-state index contributed by atoms with van der Waals surface area (Å²) in [6.07, 6.45) is 3.63. The van der Waals surface area contributed by atoms with Crippen molar-refractivity contribution in [3.63, 3.8) is 0 Å². The summed E-state index contributed by atoms with van der Waals surface area (Å²) in [6, 6.07) is 15.8. The van der Waals surface area contributed by atoms with Gasteiger partial charge in [-0.25, -0.2) is 0 Å².